The van der Waals surface area contributed by atoms with Gasteiger partial charge in [0.05, 0.1) is 44.1 Å². The van der Waals surface area contributed by atoms with Gasteiger partial charge in [-0.25, -0.2) is 8.42 Å². The lowest BCUT2D eigenvalue weighted by molar-refractivity contribution is 0.0162. The number of hydrogen-bond acceptors (Lipinski definition) is 7. The monoisotopic (exact) mass is 539 g/mol. The lowest BCUT2D eigenvalue weighted by Gasteiger charge is -2.35. The molecule has 1 aliphatic rings. The Hall–Kier alpha value is -3.60. The number of morpholine rings is 1. The number of carbonyl (C=O) groups excluding carboxylic acids is 1. The van der Waals surface area contributed by atoms with Gasteiger partial charge in [0.25, 0.3) is 15.9 Å². The molecule has 1 amide bonds. The van der Waals surface area contributed by atoms with Crippen molar-refractivity contribution in [3.8, 4) is 11.5 Å². The van der Waals surface area contributed by atoms with Gasteiger partial charge in [-0.1, -0.05) is 30.3 Å². The number of methoxy groups -OCH3 is 2. The molecule has 1 fully saturated rings. The Labute approximate surface area is 223 Å². The Morgan fingerprint density at radius 1 is 1.00 bits per heavy atom. The Morgan fingerprint density at radius 2 is 1.71 bits per heavy atom. The minimum atomic E-state index is -3.97. The summed E-state index contributed by atoms with van der Waals surface area (Å²) in [4.78, 5) is 15.5. The first-order valence-electron chi connectivity index (χ1n) is 12.3. The summed E-state index contributed by atoms with van der Waals surface area (Å²) in [5.74, 6) is 0.800. The molecule has 1 atom stereocenters. The number of hydrogen-bond donors (Lipinski definition) is 2. The number of nitrogens with zero attached hydrogens (tertiary/aromatic N) is 1. The van der Waals surface area contributed by atoms with Crippen LogP contribution >= 0.6 is 0 Å². The van der Waals surface area contributed by atoms with Crippen molar-refractivity contribution in [1.29, 1.82) is 0 Å². The largest absolute Gasteiger partial charge is 0.497 e. The van der Waals surface area contributed by atoms with Gasteiger partial charge >= 0.3 is 0 Å². The van der Waals surface area contributed by atoms with Crippen molar-refractivity contribution in [2.75, 3.05) is 51.8 Å². The number of benzene rings is 3. The Bertz CT molecular complexity index is 1360. The topological polar surface area (TPSA) is 106 Å². The van der Waals surface area contributed by atoms with E-state index in [0.29, 0.717) is 36.8 Å². The maximum Gasteiger partial charge on any atom is 0.262 e. The maximum atomic E-state index is 13.2. The zero-order valence-corrected chi connectivity index (χ0v) is 22.6. The average Bonchev–Trinajstić information content (AvgIpc) is 2.94. The molecule has 1 saturated heterocycles. The fraction of sp³-hybridized carbons (Fsp3) is 0.321. The number of aryl methyl sites for hydroxylation is 1. The second kappa shape index (κ2) is 12.3. The van der Waals surface area contributed by atoms with Gasteiger partial charge in [0, 0.05) is 25.2 Å². The van der Waals surface area contributed by atoms with Crippen LogP contribution in [0.1, 0.15) is 27.5 Å². The van der Waals surface area contributed by atoms with E-state index in [0.717, 1.165) is 24.4 Å². The number of ether oxygens (including phenoxy) is 3. The van der Waals surface area contributed by atoms with E-state index >= 15 is 0 Å². The standard InChI is InChI=1S/C28H33N3O6S/c1-20-8-9-22(18-27(20)38(33,34)30-24-6-4-5-7-26(24)36-3)28(32)29-19-25(31-14-16-37-17-15-31)21-10-12-23(35-2)13-11-21/h4-13,18,25,30H,14-17,19H2,1-3H3,(H,29,32)/t25-/m0/s1. The molecule has 10 heteroatoms. The summed E-state index contributed by atoms with van der Waals surface area (Å²) >= 11 is 0. The van der Waals surface area contributed by atoms with Gasteiger partial charge in [-0.2, -0.15) is 0 Å². The molecule has 0 radical (unpaired) electrons. The molecule has 1 aliphatic heterocycles. The van der Waals surface area contributed by atoms with E-state index in [1.807, 2.05) is 24.3 Å². The molecule has 0 saturated carbocycles. The number of sulfonamides is 1. The molecular weight excluding hydrogens is 506 g/mol. The number of anilines is 1. The van der Waals surface area contributed by atoms with E-state index < -0.39 is 10.0 Å². The third-order valence-corrected chi connectivity index (χ3v) is 8.04. The highest BCUT2D eigenvalue weighted by molar-refractivity contribution is 7.92. The quantitative estimate of drug-likeness (QED) is 0.405. The van der Waals surface area contributed by atoms with E-state index in [-0.39, 0.29) is 22.4 Å². The molecule has 0 aromatic heterocycles. The summed E-state index contributed by atoms with van der Waals surface area (Å²) in [5.41, 5.74) is 2.14. The highest BCUT2D eigenvalue weighted by Crippen LogP contribution is 2.28. The third-order valence-electron chi connectivity index (χ3n) is 6.53. The molecule has 3 aromatic rings. The van der Waals surface area contributed by atoms with Crippen molar-refractivity contribution >= 4 is 21.6 Å². The molecule has 3 aromatic carbocycles. The molecule has 9 nitrogen and oxygen atoms in total. The molecule has 0 unspecified atom stereocenters. The van der Waals surface area contributed by atoms with Gasteiger partial charge in [-0.15, -0.1) is 0 Å². The first kappa shape index (κ1) is 27.4. The molecular formula is C28H33N3O6S. The average molecular weight is 540 g/mol. The van der Waals surface area contributed by atoms with Gasteiger partial charge < -0.3 is 19.5 Å². The maximum absolute atomic E-state index is 13.2. The van der Waals surface area contributed by atoms with Crippen LogP contribution in [0.25, 0.3) is 0 Å². The van der Waals surface area contributed by atoms with Crippen molar-refractivity contribution in [3.63, 3.8) is 0 Å². The van der Waals surface area contributed by atoms with Crippen LogP contribution in [-0.4, -0.2) is 66.3 Å². The van der Waals surface area contributed by atoms with Crippen molar-refractivity contribution < 1.29 is 27.4 Å². The summed E-state index contributed by atoms with van der Waals surface area (Å²) in [6.45, 7) is 4.78. The zero-order valence-electron chi connectivity index (χ0n) is 21.8. The van der Waals surface area contributed by atoms with Crippen molar-refractivity contribution in [2.45, 2.75) is 17.9 Å². The predicted molar refractivity (Wildman–Crippen MR) is 145 cm³/mol. The lowest BCUT2D eigenvalue weighted by atomic mass is 10.0. The summed E-state index contributed by atoms with van der Waals surface area (Å²) in [6, 6.07) is 19.1. The van der Waals surface area contributed by atoms with Crippen LogP contribution in [0.3, 0.4) is 0 Å². The Morgan fingerprint density at radius 3 is 2.39 bits per heavy atom. The van der Waals surface area contributed by atoms with Crippen LogP contribution in [0.4, 0.5) is 5.69 Å². The number of carbonyl (C=O) groups is 1. The van der Waals surface area contributed by atoms with E-state index in [4.69, 9.17) is 14.2 Å². The van der Waals surface area contributed by atoms with E-state index in [2.05, 4.69) is 14.9 Å². The van der Waals surface area contributed by atoms with Gasteiger partial charge in [-0.05, 0) is 54.4 Å². The molecule has 1 heterocycles. The van der Waals surface area contributed by atoms with Crippen LogP contribution in [-0.2, 0) is 14.8 Å². The van der Waals surface area contributed by atoms with Crippen LogP contribution < -0.4 is 19.5 Å². The van der Waals surface area contributed by atoms with Crippen molar-refractivity contribution in [2.24, 2.45) is 0 Å². The molecule has 2 N–H and O–H groups in total. The van der Waals surface area contributed by atoms with E-state index in [1.54, 1.807) is 50.4 Å². The van der Waals surface area contributed by atoms with Crippen molar-refractivity contribution in [1.82, 2.24) is 10.2 Å². The molecule has 4 rings (SSSR count). The van der Waals surface area contributed by atoms with Crippen LogP contribution in [0, 0.1) is 6.92 Å². The normalized spacial score (nSPS) is 14.9. The highest BCUT2D eigenvalue weighted by Gasteiger charge is 2.25. The first-order chi connectivity index (χ1) is 18.3. The fourth-order valence-electron chi connectivity index (χ4n) is 4.42. The third kappa shape index (κ3) is 6.45. The fourth-order valence-corrected chi connectivity index (χ4v) is 5.77. The zero-order chi connectivity index (χ0) is 27.1. The molecule has 0 spiro atoms. The minimum absolute atomic E-state index is 0.0240. The molecule has 202 valence electrons. The van der Waals surface area contributed by atoms with Gasteiger partial charge in [-0.3, -0.25) is 14.4 Å². The lowest BCUT2D eigenvalue weighted by Crippen LogP contribution is -2.43. The van der Waals surface area contributed by atoms with Crippen LogP contribution in [0.15, 0.2) is 71.6 Å². The second-order valence-corrected chi connectivity index (χ2v) is 10.6. The van der Waals surface area contributed by atoms with Crippen LogP contribution in [0.2, 0.25) is 0 Å². The SMILES string of the molecule is COc1ccc([C@H](CNC(=O)c2ccc(C)c(S(=O)(=O)Nc3ccccc3OC)c2)N2CCOCC2)cc1. The molecule has 0 aliphatic carbocycles. The summed E-state index contributed by atoms with van der Waals surface area (Å²) in [7, 11) is -0.881. The summed E-state index contributed by atoms with van der Waals surface area (Å²) in [6.07, 6.45) is 0. The second-order valence-electron chi connectivity index (χ2n) is 8.93. The van der Waals surface area contributed by atoms with Crippen molar-refractivity contribution in [3.05, 3.63) is 83.4 Å². The van der Waals surface area contributed by atoms with E-state index in [1.165, 1.54) is 13.2 Å². The number of nitrogens with one attached hydrogen (secondary N) is 2. The smallest absolute Gasteiger partial charge is 0.262 e. The van der Waals surface area contributed by atoms with Gasteiger partial charge in [0.2, 0.25) is 0 Å². The molecule has 0 bridgehead atoms. The molecule has 38 heavy (non-hydrogen) atoms. The summed E-state index contributed by atoms with van der Waals surface area (Å²) < 4.78 is 45.1. The Balaban J connectivity index is 1.53. The Kier molecular flexibility index (Phi) is 8.88. The van der Waals surface area contributed by atoms with E-state index in [9.17, 15) is 13.2 Å². The minimum Gasteiger partial charge on any atom is -0.497 e. The van der Waals surface area contributed by atoms with Gasteiger partial charge in [0.15, 0.2) is 0 Å². The van der Waals surface area contributed by atoms with Gasteiger partial charge in [0.1, 0.15) is 11.5 Å². The number of para-hydroxylation sites is 2. The number of rotatable bonds is 10. The predicted octanol–water partition coefficient (Wildman–Crippen LogP) is 3.62. The highest BCUT2D eigenvalue weighted by atomic mass is 32.2. The van der Waals surface area contributed by atoms with Crippen LogP contribution in [0.5, 0.6) is 11.5 Å². The first-order valence-corrected chi connectivity index (χ1v) is 13.8. The number of amides is 1. The summed E-state index contributed by atoms with van der Waals surface area (Å²) in [5, 5.41) is 3.00.